The lowest BCUT2D eigenvalue weighted by atomic mass is 10.0. The van der Waals surface area contributed by atoms with Crippen LogP contribution in [-0.2, 0) is 0 Å². The molecule has 6 nitrogen and oxygen atoms in total. The Morgan fingerprint density at radius 2 is 1.92 bits per heavy atom. The van der Waals surface area contributed by atoms with E-state index in [0.717, 1.165) is 39.3 Å². The average molecular weight is 342 g/mol. The Balaban J connectivity index is 1.87. The third kappa shape index (κ3) is 2.02. The molecule has 0 saturated carbocycles. The third-order valence-corrected chi connectivity index (χ3v) is 4.55. The monoisotopic (exact) mass is 342 g/mol. The fraction of sp³-hybridized carbons (Fsp3) is 0.0500. The summed E-state index contributed by atoms with van der Waals surface area (Å²) in [5.74, 6) is 0.499. The molecule has 0 bridgehead atoms. The molecular weight excluding hydrogens is 328 g/mol. The maximum atomic E-state index is 9.93. The molecule has 0 radical (unpaired) electrons. The van der Waals surface area contributed by atoms with Gasteiger partial charge in [-0.05, 0) is 30.3 Å². The van der Waals surface area contributed by atoms with E-state index in [1.807, 2.05) is 47.1 Å². The lowest BCUT2D eigenvalue weighted by Gasteiger charge is -2.09. The number of nitrogens with zero attached hydrogens (tertiary/aromatic N) is 4. The molecule has 0 fully saturated rings. The second kappa shape index (κ2) is 5.42. The molecule has 1 aliphatic rings. The van der Waals surface area contributed by atoms with Crippen LogP contribution in [0.3, 0.4) is 0 Å². The minimum atomic E-state index is 0.0941. The molecule has 6 heteroatoms. The fourth-order valence-corrected chi connectivity index (χ4v) is 3.34. The van der Waals surface area contributed by atoms with Crippen LogP contribution in [0.1, 0.15) is 11.1 Å². The number of para-hydroxylation sites is 1. The zero-order valence-electron chi connectivity index (χ0n) is 13.9. The molecule has 0 amide bonds. The van der Waals surface area contributed by atoms with Crippen molar-refractivity contribution >= 4 is 16.9 Å². The number of fused-ring (bicyclic) bond motifs is 2. The maximum Gasteiger partial charge on any atom is 0.161 e. The van der Waals surface area contributed by atoms with Gasteiger partial charge >= 0.3 is 0 Å². The van der Waals surface area contributed by atoms with Crippen molar-refractivity contribution in [2.24, 2.45) is 4.99 Å². The number of phenolic OH excluding ortho intramolecular Hbond substituents is 1. The lowest BCUT2D eigenvalue weighted by molar-refractivity contribution is 0.373. The quantitative estimate of drug-likeness (QED) is 0.532. The summed E-state index contributed by atoms with van der Waals surface area (Å²) >= 11 is 0. The standard InChI is InChI=1S/C20H14N4O2/c1-26-17-10-12(6-7-16(17)25)18-14-8-9-24-20(14)19(21-11-22-24)13-4-2-3-5-15(13)23-18/h2-11,25H,1H3. The molecule has 4 aromatic rings. The van der Waals surface area contributed by atoms with Crippen molar-refractivity contribution in [2.75, 3.05) is 7.11 Å². The van der Waals surface area contributed by atoms with Crippen LogP contribution >= 0.6 is 0 Å². The van der Waals surface area contributed by atoms with Gasteiger partial charge in [0.05, 0.1) is 18.5 Å². The molecule has 0 aliphatic carbocycles. The molecule has 3 heterocycles. The van der Waals surface area contributed by atoms with E-state index in [1.54, 1.807) is 18.5 Å². The number of hydrogen-bond acceptors (Lipinski definition) is 5. The Kier molecular flexibility index (Phi) is 3.05. The maximum absolute atomic E-state index is 9.93. The molecule has 26 heavy (non-hydrogen) atoms. The van der Waals surface area contributed by atoms with Crippen molar-refractivity contribution in [3.63, 3.8) is 0 Å². The van der Waals surface area contributed by atoms with E-state index >= 15 is 0 Å². The Bertz CT molecular complexity index is 1190. The van der Waals surface area contributed by atoms with Gasteiger partial charge in [0.2, 0.25) is 0 Å². The van der Waals surface area contributed by atoms with Gasteiger partial charge in [-0.15, -0.1) is 0 Å². The summed E-state index contributed by atoms with van der Waals surface area (Å²) in [5.41, 5.74) is 6.12. The van der Waals surface area contributed by atoms with Crippen LogP contribution in [0.15, 0.2) is 66.0 Å². The predicted octanol–water partition coefficient (Wildman–Crippen LogP) is 3.59. The molecule has 0 saturated heterocycles. The Labute approximate surface area is 149 Å². The highest BCUT2D eigenvalue weighted by atomic mass is 16.5. The zero-order valence-corrected chi connectivity index (χ0v) is 13.9. The molecule has 5 rings (SSSR count). The van der Waals surface area contributed by atoms with E-state index in [0.29, 0.717) is 5.75 Å². The van der Waals surface area contributed by atoms with E-state index in [-0.39, 0.29) is 5.75 Å². The van der Waals surface area contributed by atoms with Crippen molar-refractivity contribution < 1.29 is 9.84 Å². The number of aromatic nitrogens is 3. The molecule has 0 unspecified atom stereocenters. The zero-order chi connectivity index (χ0) is 17.7. The molecule has 0 atom stereocenters. The fourth-order valence-electron chi connectivity index (χ4n) is 3.34. The van der Waals surface area contributed by atoms with Crippen LogP contribution < -0.4 is 4.74 Å². The first-order chi connectivity index (χ1) is 12.8. The summed E-state index contributed by atoms with van der Waals surface area (Å²) < 4.78 is 7.08. The SMILES string of the molecule is COc1cc(C2=Nc3ccccc3-c3ncnn4ccc2c34)ccc1O. The molecule has 2 aromatic heterocycles. The highest BCUT2D eigenvalue weighted by molar-refractivity contribution is 6.20. The summed E-state index contributed by atoms with van der Waals surface area (Å²) in [6.45, 7) is 0. The van der Waals surface area contributed by atoms with Crippen molar-refractivity contribution in [1.82, 2.24) is 14.6 Å². The van der Waals surface area contributed by atoms with Crippen LogP contribution in [0.4, 0.5) is 5.69 Å². The minimum Gasteiger partial charge on any atom is -0.504 e. The molecule has 126 valence electrons. The van der Waals surface area contributed by atoms with Gasteiger partial charge in [0, 0.05) is 22.9 Å². The van der Waals surface area contributed by atoms with Gasteiger partial charge in [-0.3, -0.25) is 0 Å². The number of ether oxygens (including phenoxy) is 1. The largest absolute Gasteiger partial charge is 0.504 e. The molecular formula is C20H14N4O2. The lowest BCUT2D eigenvalue weighted by Crippen LogP contribution is -2.03. The summed E-state index contributed by atoms with van der Waals surface area (Å²) in [6.07, 6.45) is 3.45. The van der Waals surface area contributed by atoms with Gasteiger partial charge in [-0.25, -0.2) is 14.5 Å². The van der Waals surface area contributed by atoms with Crippen LogP contribution in [-0.4, -0.2) is 32.5 Å². The molecule has 0 spiro atoms. The van der Waals surface area contributed by atoms with Crippen LogP contribution in [0.5, 0.6) is 11.5 Å². The smallest absolute Gasteiger partial charge is 0.161 e. The number of aromatic hydroxyl groups is 1. The van der Waals surface area contributed by atoms with Crippen molar-refractivity contribution in [1.29, 1.82) is 0 Å². The summed E-state index contributed by atoms with van der Waals surface area (Å²) in [6, 6.07) is 15.1. The van der Waals surface area contributed by atoms with Crippen molar-refractivity contribution in [3.05, 3.63) is 72.2 Å². The second-order valence-corrected chi connectivity index (χ2v) is 6.00. The number of hydrogen-bond donors (Lipinski definition) is 1. The van der Waals surface area contributed by atoms with Gasteiger partial charge < -0.3 is 9.84 Å². The Morgan fingerprint density at radius 1 is 1.04 bits per heavy atom. The first-order valence-corrected chi connectivity index (χ1v) is 8.14. The summed E-state index contributed by atoms with van der Waals surface area (Å²) in [7, 11) is 1.53. The third-order valence-electron chi connectivity index (χ3n) is 4.55. The van der Waals surface area contributed by atoms with Gasteiger partial charge in [-0.1, -0.05) is 18.2 Å². The Morgan fingerprint density at radius 3 is 2.81 bits per heavy atom. The van der Waals surface area contributed by atoms with Gasteiger partial charge in [0.15, 0.2) is 11.5 Å². The van der Waals surface area contributed by atoms with E-state index in [2.05, 4.69) is 10.1 Å². The predicted molar refractivity (Wildman–Crippen MR) is 98.4 cm³/mol. The normalized spacial score (nSPS) is 12.4. The number of rotatable bonds is 2. The van der Waals surface area contributed by atoms with Crippen LogP contribution in [0.25, 0.3) is 16.8 Å². The molecule has 2 aromatic carbocycles. The summed E-state index contributed by atoms with van der Waals surface area (Å²) in [4.78, 5) is 9.44. The first kappa shape index (κ1) is 14.7. The van der Waals surface area contributed by atoms with Crippen molar-refractivity contribution in [2.45, 2.75) is 0 Å². The van der Waals surface area contributed by atoms with Gasteiger partial charge in [0.1, 0.15) is 17.5 Å². The minimum absolute atomic E-state index is 0.0941. The van der Waals surface area contributed by atoms with E-state index in [4.69, 9.17) is 9.73 Å². The number of methoxy groups -OCH3 is 1. The first-order valence-electron chi connectivity index (χ1n) is 8.14. The van der Waals surface area contributed by atoms with Gasteiger partial charge in [0.25, 0.3) is 0 Å². The highest BCUT2D eigenvalue weighted by Gasteiger charge is 2.23. The van der Waals surface area contributed by atoms with Crippen molar-refractivity contribution in [3.8, 4) is 22.8 Å². The van der Waals surface area contributed by atoms with Crippen LogP contribution in [0.2, 0.25) is 0 Å². The highest BCUT2D eigenvalue weighted by Crippen LogP contribution is 2.38. The number of phenols is 1. The number of benzene rings is 2. The molecule has 1 N–H and O–H groups in total. The van der Waals surface area contributed by atoms with E-state index < -0.39 is 0 Å². The number of aliphatic imine (C=N–C) groups is 1. The second-order valence-electron chi connectivity index (χ2n) is 6.00. The van der Waals surface area contributed by atoms with Gasteiger partial charge in [-0.2, -0.15) is 5.10 Å². The van der Waals surface area contributed by atoms with Crippen LogP contribution in [0, 0.1) is 0 Å². The molecule has 1 aliphatic heterocycles. The Hall–Kier alpha value is -3.67. The topological polar surface area (TPSA) is 72.0 Å². The van der Waals surface area contributed by atoms with E-state index in [1.165, 1.54) is 7.11 Å². The average Bonchev–Trinajstić information content (AvgIpc) is 3.04. The van der Waals surface area contributed by atoms with E-state index in [9.17, 15) is 5.11 Å². The summed E-state index contributed by atoms with van der Waals surface area (Å²) in [5, 5.41) is 14.2.